The number of rotatable bonds is 0. The number of hydrogen-bond acceptors (Lipinski definition) is 0. The van der Waals surface area contributed by atoms with Crippen LogP contribution in [0.5, 0.6) is 0 Å². The summed E-state index contributed by atoms with van der Waals surface area (Å²) in [5, 5.41) is 0. The largest absolute Gasteiger partial charge is 0 e. The smallest absolute Gasteiger partial charge is 0 e. The fourth-order valence-electron chi connectivity index (χ4n) is 0. The fraction of sp³-hybridized carbons (Fsp3) is 0. The molecular formula is AgCdNiSn. The van der Waals surface area contributed by atoms with Gasteiger partial charge < -0.3 is 0 Å². The van der Waals surface area contributed by atoms with E-state index in [-0.39, 0.29) is 90.1 Å². The summed E-state index contributed by atoms with van der Waals surface area (Å²) in [4.78, 5) is 0. The van der Waals surface area contributed by atoms with Crippen molar-refractivity contribution < 1.29 is 66.2 Å². The minimum absolute atomic E-state index is 0. The van der Waals surface area contributed by atoms with Gasteiger partial charge in [0.1, 0.15) is 0 Å². The van der Waals surface area contributed by atoms with Crippen molar-refractivity contribution in [1.29, 1.82) is 0 Å². The molecule has 0 amide bonds. The molecule has 0 nitrogen and oxygen atoms in total. The van der Waals surface area contributed by atoms with E-state index in [1.54, 1.807) is 0 Å². The van der Waals surface area contributed by atoms with Crippen LogP contribution in [0.3, 0.4) is 0 Å². The second-order valence-electron chi connectivity index (χ2n) is 0. The van der Waals surface area contributed by atoms with Crippen LogP contribution in [0.15, 0.2) is 0 Å². The normalized spacial score (nSPS) is 0. The molecule has 0 aromatic rings. The Morgan fingerprint density at radius 3 is 1.00 bits per heavy atom. The third-order valence-electron chi connectivity index (χ3n) is 0. The Hall–Kier alpha value is 2.95. The third-order valence-corrected chi connectivity index (χ3v) is 0. The molecule has 0 aromatic carbocycles. The van der Waals surface area contributed by atoms with Crippen LogP contribution in [-0.4, -0.2) is 23.9 Å². The molecule has 4 heavy (non-hydrogen) atoms. The summed E-state index contributed by atoms with van der Waals surface area (Å²) >= 11 is 0. The minimum Gasteiger partial charge on any atom is 0 e. The number of hydrogen-bond donors (Lipinski definition) is 0. The molecule has 0 N–H and O–H groups in total. The Balaban J connectivity index is 0. The first kappa shape index (κ1) is 28.2. The molecular weight excluding hydrogens is 398 g/mol. The molecule has 0 fully saturated rings. The predicted molar refractivity (Wildman–Crippen MR) is 5.75 cm³/mol. The Bertz CT molecular complexity index is 8.00. The van der Waals surface area contributed by atoms with E-state index in [9.17, 15) is 0 Å². The molecule has 0 aliphatic carbocycles. The van der Waals surface area contributed by atoms with Gasteiger partial charge >= 0.3 is 0 Å². The first-order chi connectivity index (χ1) is 0. The van der Waals surface area contributed by atoms with Crippen molar-refractivity contribution in [1.82, 2.24) is 0 Å². The van der Waals surface area contributed by atoms with Gasteiger partial charge in [-0.3, -0.25) is 0 Å². The molecule has 0 atom stereocenters. The molecule has 0 rings (SSSR count). The van der Waals surface area contributed by atoms with E-state index in [1.165, 1.54) is 0 Å². The van der Waals surface area contributed by atoms with Crippen molar-refractivity contribution in [3.05, 3.63) is 0 Å². The van der Waals surface area contributed by atoms with Crippen molar-refractivity contribution in [2.45, 2.75) is 0 Å². The Labute approximate surface area is 88.4 Å². The minimum atomic E-state index is 0. The Morgan fingerprint density at radius 2 is 1.00 bits per heavy atom. The second kappa shape index (κ2) is 16.7. The topological polar surface area (TPSA) is 0 Å². The van der Waals surface area contributed by atoms with Crippen LogP contribution in [0.25, 0.3) is 0 Å². The van der Waals surface area contributed by atoms with E-state index in [0.717, 1.165) is 0 Å². The van der Waals surface area contributed by atoms with Gasteiger partial charge in [-0.15, -0.1) is 0 Å². The Morgan fingerprint density at radius 1 is 1.00 bits per heavy atom. The van der Waals surface area contributed by atoms with Crippen LogP contribution in [-0.2, 0) is 66.2 Å². The summed E-state index contributed by atoms with van der Waals surface area (Å²) in [7, 11) is 0. The molecule has 0 aliphatic heterocycles. The molecule has 27 valence electrons. The van der Waals surface area contributed by atoms with Crippen LogP contribution in [0.2, 0.25) is 0 Å². The van der Waals surface area contributed by atoms with Crippen molar-refractivity contribution >= 4 is 23.9 Å². The average molecular weight is 398 g/mol. The SMILES string of the molecule is [Ag].[Cd].[Ni].[Sn]. The van der Waals surface area contributed by atoms with Crippen molar-refractivity contribution in [3.63, 3.8) is 0 Å². The molecule has 0 aromatic heterocycles. The van der Waals surface area contributed by atoms with Crippen molar-refractivity contribution in [3.8, 4) is 0 Å². The monoisotopic (exact) mass is 399 g/mol. The molecule has 0 unspecified atom stereocenters. The van der Waals surface area contributed by atoms with E-state index in [1.807, 2.05) is 0 Å². The summed E-state index contributed by atoms with van der Waals surface area (Å²) < 4.78 is 0. The predicted octanol–water partition coefficient (Wildman–Crippen LogP) is -0.388. The standard InChI is InChI=1S/Ag.Cd.Ni.Sn. The fourth-order valence-corrected chi connectivity index (χ4v) is 0. The van der Waals surface area contributed by atoms with Crippen molar-refractivity contribution in [2.24, 2.45) is 0 Å². The van der Waals surface area contributed by atoms with E-state index in [2.05, 4.69) is 0 Å². The summed E-state index contributed by atoms with van der Waals surface area (Å²) in [6.45, 7) is 0. The molecule has 0 saturated carbocycles. The second-order valence-corrected chi connectivity index (χ2v) is 0. The molecule has 0 aliphatic rings. The zero-order chi connectivity index (χ0) is 0. The zero-order valence-corrected chi connectivity index (χ0v) is 11.2. The summed E-state index contributed by atoms with van der Waals surface area (Å²) in [5.74, 6) is 0. The van der Waals surface area contributed by atoms with Gasteiger partial charge in [0.25, 0.3) is 0 Å². The maximum atomic E-state index is 0. The van der Waals surface area contributed by atoms with E-state index in [0.29, 0.717) is 0 Å². The van der Waals surface area contributed by atoms with E-state index in [4.69, 9.17) is 0 Å². The maximum Gasteiger partial charge on any atom is 0 e. The molecule has 0 spiro atoms. The van der Waals surface area contributed by atoms with Gasteiger partial charge in [0.05, 0.1) is 0 Å². The first-order valence-corrected chi connectivity index (χ1v) is 0. The van der Waals surface area contributed by atoms with Gasteiger partial charge in [-0.25, -0.2) is 0 Å². The Kier molecular flexibility index (Phi) is 118. The first-order valence-electron chi connectivity index (χ1n) is 0. The molecule has 0 heterocycles. The zero-order valence-electron chi connectivity index (χ0n) is 1.82. The van der Waals surface area contributed by atoms with Gasteiger partial charge in [-0.05, 0) is 0 Å². The summed E-state index contributed by atoms with van der Waals surface area (Å²) in [5.41, 5.74) is 0. The molecule has 4 heteroatoms. The molecule has 0 saturated heterocycles. The maximum absolute atomic E-state index is 0. The summed E-state index contributed by atoms with van der Waals surface area (Å²) in [6.07, 6.45) is 0. The van der Waals surface area contributed by atoms with Gasteiger partial charge in [-0.1, -0.05) is 0 Å². The van der Waals surface area contributed by atoms with E-state index < -0.39 is 0 Å². The van der Waals surface area contributed by atoms with Crippen LogP contribution < -0.4 is 0 Å². The van der Waals surface area contributed by atoms with Gasteiger partial charge in [0.2, 0.25) is 0 Å². The van der Waals surface area contributed by atoms with Crippen LogP contribution in [0, 0.1) is 0 Å². The van der Waals surface area contributed by atoms with Crippen LogP contribution in [0.4, 0.5) is 0 Å². The van der Waals surface area contributed by atoms with Crippen LogP contribution in [0.1, 0.15) is 0 Å². The van der Waals surface area contributed by atoms with Gasteiger partial charge in [-0.2, -0.15) is 0 Å². The van der Waals surface area contributed by atoms with Gasteiger partial charge in [0.15, 0.2) is 0 Å². The van der Waals surface area contributed by atoms with Crippen LogP contribution >= 0.6 is 0 Å². The average Bonchev–Trinajstić information content (AvgIpc) is 0. The van der Waals surface area contributed by atoms with E-state index >= 15 is 0 Å². The summed E-state index contributed by atoms with van der Waals surface area (Å²) in [6, 6.07) is 0. The molecule has 0 bridgehead atoms. The third kappa shape index (κ3) is 8.88. The molecule has 5 radical (unpaired) electrons. The quantitative estimate of drug-likeness (QED) is 0.489. The van der Waals surface area contributed by atoms with Crippen molar-refractivity contribution in [2.75, 3.05) is 0 Å². The van der Waals surface area contributed by atoms with Gasteiger partial charge in [0, 0.05) is 90.1 Å².